The number of aromatic amines is 1. The van der Waals surface area contributed by atoms with Crippen LogP contribution in [0.3, 0.4) is 0 Å². The molecule has 3 rings (SSSR count). The molecule has 1 aromatic carbocycles. The molecule has 0 unspecified atom stereocenters. The Morgan fingerprint density at radius 2 is 2.41 bits per heavy atom. The third-order valence-corrected chi connectivity index (χ3v) is 3.69. The number of amides is 1. The first kappa shape index (κ1) is 14.7. The molecule has 1 aliphatic heterocycles. The summed E-state index contributed by atoms with van der Waals surface area (Å²) in [6.07, 6.45) is 1.70. The average Bonchev–Trinajstić information content (AvgIpc) is 2.94. The lowest BCUT2D eigenvalue weighted by molar-refractivity contribution is -0.138. The molecule has 0 bridgehead atoms. The maximum atomic E-state index is 13.2. The van der Waals surface area contributed by atoms with Crippen LogP contribution >= 0.6 is 0 Å². The number of H-pyrrole nitrogens is 1. The van der Waals surface area contributed by atoms with Crippen LogP contribution in [-0.4, -0.2) is 40.5 Å². The van der Waals surface area contributed by atoms with Gasteiger partial charge in [0.25, 0.3) is 0 Å². The van der Waals surface area contributed by atoms with Gasteiger partial charge in [-0.1, -0.05) is 12.1 Å². The summed E-state index contributed by atoms with van der Waals surface area (Å²) in [5.74, 6) is 0.388. The Balaban J connectivity index is 1.65. The maximum absolute atomic E-state index is 13.2. The number of benzene rings is 1. The van der Waals surface area contributed by atoms with Gasteiger partial charge in [0.1, 0.15) is 17.7 Å². The van der Waals surface area contributed by atoms with E-state index in [4.69, 9.17) is 4.74 Å². The Kier molecular flexibility index (Phi) is 4.20. The van der Waals surface area contributed by atoms with Crippen molar-refractivity contribution in [2.45, 2.75) is 19.4 Å². The average molecular weight is 303 g/mol. The van der Waals surface area contributed by atoms with Gasteiger partial charge in [-0.05, 0) is 24.6 Å². The first-order chi connectivity index (χ1) is 10.6. The molecule has 5 nitrogen and oxygen atoms in total. The van der Waals surface area contributed by atoms with Crippen LogP contribution in [0.4, 0.5) is 4.39 Å². The normalized spacial score (nSPS) is 18.5. The van der Waals surface area contributed by atoms with Gasteiger partial charge < -0.3 is 14.6 Å². The second-order valence-electron chi connectivity index (χ2n) is 5.46. The zero-order valence-corrected chi connectivity index (χ0v) is 12.4. The molecule has 0 aliphatic carbocycles. The van der Waals surface area contributed by atoms with E-state index in [1.807, 2.05) is 6.92 Å². The van der Waals surface area contributed by atoms with E-state index in [0.717, 1.165) is 11.5 Å². The summed E-state index contributed by atoms with van der Waals surface area (Å²) < 4.78 is 18.9. The number of carbonyl (C=O) groups is 1. The van der Waals surface area contributed by atoms with E-state index in [1.54, 1.807) is 23.2 Å². The summed E-state index contributed by atoms with van der Waals surface area (Å²) in [5.41, 5.74) is 1.64. The lowest BCUT2D eigenvalue weighted by atomic mass is 10.1. The molecule has 1 amide bonds. The van der Waals surface area contributed by atoms with Crippen molar-refractivity contribution in [1.29, 1.82) is 0 Å². The van der Waals surface area contributed by atoms with Crippen LogP contribution in [0, 0.1) is 12.7 Å². The minimum absolute atomic E-state index is 0.0258. The fourth-order valence-electron chi connectivity index (χ4n) is 2.57. The molecule has 2 aromatic rings. The summed E-state index contributed by atoms with van der Waals surface area (Å²) in [4.78, 5) is 21.5. The summed E-state index contributed by atoms with van der Waals surface area (Å²) >= 11 is 0. The van der Waals surface area contributed by atoms with Crippen molar-refractivity contribution < 1.29 is 13.9 Å². The summed E-state index contributed by atoms with van der Waals surface area (Å²) in [5, 5.41) is 0. The molecule has 1 aromatic heterocycles. The van der Waals surface area contributed by atoms with E-state index in [-0.39, 0.29) is 24.2 Å². The Hall–Kier alpha value is -2.21. The second kappa shape index (κ2) is 6.27. The fraction of sp³-hybridized carbons (Fsp3) is 0.375. The van der Waals surface area contributed by atoms with Crippen molar-refractivity contribution in [2.75, 3.05) is 19.7 Å². The predicted molar refractivity (Wildman–Crippen MR) is 78.7 cm³/mol. The van der Waals surface area contributed by atoms with E-state index < -0.39 is 0 Å². The van der Waals surface area contributed by atoms with Crippen LogP contribution in [0.5, 0.6) is 0 Å². The van der Waals surface area contributed by atoms with Crippen molar-refractivity contribution in [1.82, 2.24) is 14.9 Å². The minimum Gasteiger partial charge on any atom is -0.367 e. The third kappa shape index (κ3) is 3.33. The number of imidazole rings is 1. The maximum Gasteiger partial charge on any atom is 0.227 e. The van der Waals surface area contributed by atoms with Gasteiger partial charge in [0.05, 0.1) is 19.6 Å². The van der Waals surface area contributed by atoms with Gasteiger partial charge in [0, 0.05) is 18.4 Å². The van der Waals surface area contributed by atoms with E-state index >= 15 is 0 Å². The standard InChI is InChI=1S/C16H18FN3O2/c1-11-9-18-16(19-11)14-10-20(5-6-22-14)15(21)8-12-3-2-4-13(17)7-12/h2-4,7,9,14H,5-6,8,10H2,1H3,(H,18,19)/t14-/m1/s1. The molecule has 22 heavy (non-hydrogen) atoms. The minimum atomic E-state index is -0.323. The number of hydrogen-bond acceptors (Lipinski definition) is 3. The highest BCUT2D eigenvalue weighted by Crippen LogP contribution is 2.20. The van der Waals surface area contributed by atoms with Gasteiger partial charge >= 0.3 is 0 Å². The fourth-order valence-corrected chi connectivity index (χ4v) is 2.57. The molecule has 1 N–H and O–H groups in total. The predicted octanol–water partition coefficient (Wildman–Crippen LogP) is 2.00. The monoisotopic (exact) mass is 303 g/mol. The van der Waals surface area contributed by atoms with Crippen LogP contribution in [0.25, 0.3) is 0 Å². The van der Waals surface area contributed by atoms with Crippen molar-refractivity contribution in [3.8, 4) is 0 Å². The quantitative estimate of drug-likeness (QED) is 0.943. The topological polar surface area (TPSA) is 58.2 Å². The Morgan fingerprint density at radius 3 is 3.14 bits per heavy atom. The molecule has 6 heteroatoms. The highest BCUT2D eigenvalue weighted by atomic mass is 19.1. The SMILES string of the molecule is Cc1cnc([C@H]2CN(C(=O)Cc3cccc(F)c3)CCO2)[nH]1. The zero-order chi connectivity index (χ0) is 15.5. The second-order valence-corrected chi connectivity index (χ2v) is 5.46. The number of carbonyl (C=O) groups excluding carboxylic acids is 1. The molecule has 1 fully saturated rings. The molecule has 1 saturated heterocycles. The van der Waals surface area contributed by atoms with Crippen LogP contribution in [0.15, 0.2) is 30.5 Å². The van der Waals surface area contributed by atoms with Crippen LogP contribution < -0.4 is 0 Å². The molecular formula is C16H18FN3O2. The molecule has 2 heterocycles. The van der Waals surface area contributed by atoms with Crippen LogP contribution in [0.2, 0.25) is 0 Å². The molecule has 0 spiro atoms. The van der Waals surface area contributed by atoms with Gasteiger partial charge in [0.2, 0.25) is 5.91 Å². The van der Waals surface area contributed by atoms with Gasteiger partial charge in [-0.2, -0.15) is 0 Å². The number of nitrogens with zero attached hydrogens (tertiary/aromatic N) is 2. The third-order valence-electron chi connectivity index (χ3n) is 3.69. The molecule has 0 radical (unpaired) electrons. The summed E-state index contributed by atoms with van der Waals surface area (Å²) in [6, 6.07) is 6.14. The number of aryl methyl sites for hydroxylation is 1. The zero-order valence-electron chi connectivity index (χ0n) is 12.4. The Bertz CT molecular complexity index is 671. The van der Waals surface area contributed by atoms with Gasteiger partial charge in [-0.25, -0.2) is 9.37 Å². The van der Waals surface area contributed by atoms with E-state index in [0.29, 0.717) is 25.3 Å². The Morgan fingerprint density at radius 1 is 1.55 bits per heavy atom. The molecule has 0 saturated carbocycles. The van der Waals surface area contributed by atoms with Crippen LogP contribution in [0.1, 0.15) is 23.2 Å². The van der Waals surface area contributed by atoms with E-state index in [2.05, 4.69) is 9.97 Å². The summed E-state index contributed by atoms with van der Waals surface area (Å²) in [7, 11) is 0. The smallest absolute Gasteiger partial charge is 0.227 e. The lowest BCUT2D eigenvalue weighted by Crippen LogP contribution is -2.43. The van der Waals surface area contributed by atoms with E-state index in [1.165, 1.54) is 12.1 Å². The number of aromatic nitrogens is 2. The summed E-state index contributed by atoms with van der Waals surface area (Å²) in [6.45, 7) is 3.40. The number of rotatable bonds is 3. The molecule has 1 aliphatic rings. The van der Waals surface area contributed by atoms with Crippen molar-refractivity contribution in [3.05, 3.63) is 53.4 Å². The highest BCUT2D eigenvalue weighted by Gasteiger charge is 2.27. The first-order valence-electron chi connectivity index (χ1n) is 7.27. The highest BCUT2D eigenvalue weighted by molar-refractivity contribution is 5.78. The van der Waals surface area contributed by atoms with Crippen molar-refractivity contribution in [3.63, 3.8) is 0 Å². The van der Waals surface area contributed by atoms with Gasteiger partial charge in [0.15, 0.2) is 0 Å². The number of morpholine rings is 1. The number of ether oxygens (including phenoxy) is 1. The van der Waals surface area contributed by atoms with Crippen molar-refractivity contribution in [2.24, 2.45) is 0 Å². The number of halogens is 1. The molecule has 1 atom stereocenters. The number of hydrogen-bond donors (Lipinski definition) is 1. The largest absolute Gasteiger partial charge is 0.367 e. The lowest BCUT2D eigenvalue weighted by Gasteiger charge is -2.32. The van der Waals surface area contributed by atoms with Gasteiger partial charge in [-0.15, -0.1) is 0 Å². The Labute approximate surface area is 128 Å². The van der Waals surface area contributed by atoms with Gasteiger partial charge in [-0.3, -0.25) is 4.79 Å². The van der Waals surface area contributed by atoms with Crippen molar-refractivity contribution >= 4 is 5.91 Å². The first-order valence-corrected chi connectivity index (χ1v) is 7.27. The van der Waals surface area contributed by atoms with E-state index in [9.17, 15) is 9.18 Å². The van der Waals surface area contributed by atoms with Crippen LogP contribution in [-0.2, 0) is 16.0 Å². The molecular weight excluding hydrogens is 285 g/mol. The molecule has 116 valence electrons. The number of nitrogens with one attached hydrogen (secondary N) is 1.